The Hall–Kier alpha value is -3.35. The fourth-order valence-corrected chi connectivity index (χ4v) is 3.16. The van der Waals surface area contributed by atoms with Crippen molar-refractivity contribution in [2.75, 3.05) is 6.79 Å². The first-order valence-electron chi connectivity index (χ1n) is 8.75. The second-order valence-electron chi connectivity index (χ2n) is 6.44. The van der Waals surface area contributed by atoms with E-state index in [0.29, 0.717) is 11.5 Å². The van der Waals surface area contributed by atoms with Crippen LogP contribution in [0, 0.1) is 6.92 Å². The van der Waals surface area contributed by atoms with E-state index in [4.69, 9.17) is 9.47 Å². The van der Waals surface area contributed by atoms with Gasteiger partial charge in [-0.1, -0.05) is 12.1 Å². The number of carbonyl (C=O) groups excluding carboxylic acids is 1. The maximum absolute atomic E-state index is 12.5. The predicted molar refractivity (Wildman–Crippen MR) is 98.9 cm³/mol. The second kappa shape index (κ2) is 7.11. The number of carbonyl (C=O) groups is 1. The number of rotatable bonds is 5. The van der Waals surface area contributed by atoms with Crippen molar-refractivity contribution in [3.05, 3.63) is 65.6 Å². The van der Waals surface area contributed by atoms with Crippen LogP contribution in [-0.4, -0.2) is 27.5 Å². The maximum atomic E-state index is 12.5. The zero-order valence-electron chi connectivity index (χ0n) is 15.2. The molecule has 3 heterocycles. The number of hydrogen-bond donors (Lipinski definition) is 1. The Morgan fingerprint density at radius 2 is 2.11 bits per heavy atom. The van der Waals surface area contributed by atoms with Crippen LogP contribution >= 0.6 is 0 Å². The van der Waals surface area contributed by atoms with Gasteiger partial charge in [-0.2, -0.15) is 5.10 Å². The molecule has 7 heteroatoms. The van der Waals surface area contributed by atoms with Crippen molar-refractivity contribution in [3.63, 3.8) is 0 Å². The third-order valence-electron chi connectivity index (χ3n) is 4.56. The zero-order valence-corrected chi connectivity index (χ0v) is 15.2. The average Bonchev–Trinajstić information content (AvgIpc) is 3.28. The Balaban J connectivity index is 1.44. The molecule has 0 saturated heterocycles. The van der Waals surface area contributed by atoms with Crippen molar-refractivity contribution in [1.29, 1.82) is 0 Å². The highest BCUT2D eigenvalue weighted by atomic mass is 16.7. The summed E-state index contributed by atoms with van der Waals surface area (Å²) in [5.41, 5.74) is 2.79. The van der Waals surface area contributed by atoms with Gasteiger partial charge in [0.1, 0.15) is 0 Å². The minimum absolute atomic E-state index is 0.0636. The Kier molecular flexibility index (Phi) is 4.50. The van der Waals surface area contributed by atoms with Gasteiger partial charge in [0.25, 0.3) is 0 Å². The van der Waals surface area contributed by atoms with Crippen molar-refractivity contribution in [2.45, 2.75) is 26.3 Å². The number of hydrogen-bond acceptors (Lipinski definition) is 5. The van der Waals surface area contributed by atoms with Crippen LogP contribution in [0.25, 0.3) is 5.82 Å². The number of benzene rings is 1. The Labute approximate surface area is 156 Å². The first-order chi connectivity index (χ1) is 13.1. The first-order valence-corrected chi connectivity index (χ1v) is 8.75. The molecule has 27 heavy (non-hydrogen) atoms. The molecule has 138 valence electrons. The molecule has 1 unspecified atom stereocenters. The molecule has 7 nitrogen and oxygen atoms in total. The lowest BCUT2D eigenvalue weighted by atomic mass is 10.1. The summed E-state index contributed by atoms with van der Waals surface area (Å²) < 4.78 is 12.4. The van der Waals surface area contributed by atoms with Gasteiger partial charge in [-0.25, -0.2) is 9.67 Å². The monoisotopic (exact) mass is 364 g/mol. The molecular formula is C20H20N4O3. The second-order valence-corrected chi connectivity index (χ2v) is 6.44. The van der Waals surface area contributed by atoms with E-state index in [1.807, 2.05) is 50.2 Å². The maximum Gasteiger partial charge on any atom is 0.231 e. The lowest BCUT2D eigenvalue weighted by Crippen LogP contribution is -2.28. The van der Waals surface area contributed by atoms with Crippen LogP contribution in [0.15, 0.2) is 48.8 Å². The van der Waals surface area contributed by atoms with Crippen LogP contribution in [0.1, 0.15) is 29.8 Å². The van der Waals surface area contributed by atoms with E-state index >= 15 is 0 Å². The SMILES string of the molecule is Cc1c(C(C)NC(=O)Cc2ccc3c(c2)OCO3)cnn1-c1ccccn1. The molecule has 0 bridgehead atoms. The van der Waals surface area contributed by atoms with Gasteiger partial charge in [0.05, 0.1) is 18.7 Å². The van der Waals surface area contributed by atoms with Crippen molar-refractivity contribution < 1.29 is 14.3 Å². The first kappa shape index (κ1) is 17.1. The number of ether oxygens (including phenoxy) is 2. The molecule has 4 rings (SSSR count). The van der Waals surface area contributed by atoms with Gasteiger partial charge in [0.2, 0.25) is 12.7 Å². The summed E-state index contributed by atoms with van der Waals surface area (Å²) in [6, 6.07) is 11.1. The molecule has 1 amide bonds. The number of nitrogens with zero attached hydrogens (tertiary/aromatic N) is 3. The molecular weight excluding hydrogens is 344 g/mol. The number of pyridine rings is 1. The predicted octanol–water partition coefficient (Wildman–Crippen LogP) is 2.72. The van der Waals surface area contributed by atoms with E-state index < -0.39 is 0 Å². The Bertz CT molecular complexity index is 969. The Morgan fingerprint density at radius 1 is 1.26 bits per heavy atom. The molecule has 3 aromatic rings. The van der Waals surface area contributed by atoms with Crippen LogP contribution in [0.5, 0.6) is 11.5 Å². The highest BCUT2D eigenvalue weighted by Gasteiger charge is 2.18. The van der Waals surface area contributed by atoms with Gasteiger partial charge in [0.15, 0.2) is 17.3 Å². The normalized spacial score (nSPS) is 13.4. The Morgan fingerprint density at radius 3 is 2.93 bits per heavy atom. The van der Waals surface area contributed by atoms with Crippen LogP contribution in [0.3, 0.4) is 0 Å². The number of aromatic nitrogens is 3. The standard InChI is InChI=1S/C20H20N4O3/c1-13(16-11-22-24(14(16)2)19-5-3-4-8-21-19)23-20(25)10-15-6-7-17-18(9-15)27-12-26-17/h3-9,11,13H,10,12H2,1-2H3,(H,23,25). The lowest BCUT2D eigenvalue weighted by molar-refractivity contribution is -0.121. The number of fused-ring (bicyclic) bond motifs is 1. The molecule has 2 aromatic heterocycles. The summed E-state index contributed by atoms with van der Waals surface area (Å²) in [5.74, 6) is 2.08. The lowest BCUT2D eigenvalue weighted by Gasteiger charge is -2.14. The molecule has 0 aliphatic carbocycles. The third-order valence-corrected chi connectivity index (χ3v) is 4.56. The van der Waals surface area contributed by atoms with Gasteiger partial charge in [-0.05, 0) is 43.7 Å². The molecule has 1 aliphatic rings. The van der Waals surface area contributed by atoms with Crippen LogP contribution in [0.4, 0.5) is 0 Å². The van der Waals surface area contributed by atoms with Crippen molar-refractivity contribution in [2.24, 2.45) is 0 Å². The van der Waals surface area contributed by atoms with Crippen molar-refractivity contribution in [3.8, 4) is 17.3 Å². The fraction of sp³-hybridized carbons (Fsp3) is 0.250. The highest BCUT2D eigenvalue weighted by Crippen LogP contribution is 2.32. The van der Waals surface area contributed by atoms with E-state index in [2.05, 4.69) is 15.4 Å². The summed E-state index contributed by atoms with van der Waals surface area (Å²) >= 11 is 0. The van der Waals surface area contributed by atoms with Crippen LogP contribution in [-0.2, 0) is 11.2 Å². The van der Waals surface area contributed by atoms with Crippen LogP contribution < -0.4 is 14.8 Å². The van der Waals surface area contributed by atoms with E-state index in [-0.39, 0.29) is 25.2 Å². The minimum Gasteiger partial charge on any atom is -0.454 e. The largest absolute Gasteiger partial charge is 0.454 e. The van der Waals surface area contributed by atoms with Gasteiger partial charge in [0, 0.05) is 17.5 Å². The minimum atomic E-state index is -0.163. The van der Waals surface area contributed by atoms with E-state index in [0.717, 1.165) is 22.6 Å². The molecule has 0 fully saturated rings. The summed E-state index contributed by atoms with van der Waals surface area (Å²) in [4.78, 5) is 16.8. The van der Waals surface area contributed by atoms with E-state index in [1.54, 1.807) is 17.1 Å². The van der Waals surface area contributed by atoms with Crippen molar-refractivity contribution in [1.82, 2.24) is 20.1 Å². The smallest absolute Gasteiger partial charge is 0.231 e. The van der Waals surface area contributed by atoms with E-state index in [1.165, 1.54) is 0 Å². The van der Waals surface area contributed by atoms with Gasteiger partial charge < -0.3 is 14.8 Å². The molecule has 0 radical (unpaired) electrons. The number of amides is 1. The summed E-state index contributed by atoms with van der Waals surface area (Å²) in [6.45, 7) is 4.14. The molecule has 0 saturated carbocycles. The van der Waals surface area contributed by atoms with Gasteiger partial charge in [-0.3, -0.25) is 4.79 Å². The summed E-state index contributed by atoms with van der Waals surface area (Å²) in [7, 11) is 0. The van der Waals surface area contributed by atoms with Gasteiger partial charge in [-0.15, -0.1) is 0 Å². The van der Waals surface area contributed by atoms with E-state index in [9.17, 15) is 4.79 Å². The van der Waals surface area contributed by atoms with Crippen molar-refractivity contribution >= 4 is 5.91 Å². The molecule has 1 aromatic carbocycles. The molecule has 0 spiro atoms. The fourth-order valence-electron chi connectivity index (χ4n) is 3.16. The molecule has 1 atom stereocenters. The average molecular weight is 364 g/mol. The number of nitrogens with one attached hydrogen (secondary N) is 1. The highest BCUT2D eigenvalue weighted by molar-refractivity contribution is 5.79. The topological polar surface area (TPSA) is 78.3 Å². The quantitative estimate of drug-likeness (QED) is 0.753. The van der Waals surface area contributed by atoms with Crippen LogP contribution in [0.2, 0.25) is 0 Å². The van der Waals surface area contributed by atoms with Gasteiger partial charge >= 0.3 is 0 Å². The molecule has 1 aliphatic heterocycles. The third kappa shape index (κ3) is 3.48. The summed E-state index contributed by atoms with van der Waals surface area (Å²) in [6.07, 6.45) is 3.77. The molecule has 1 N–H and O–H groups in total. The zero-order chi connectivity index (χ0) is 18.8. The summed E-state index contributed by atoms with van der Waals surface area (Å²) in [5, 5.41) is 7.44.